The SMILES string of the molecule is CCOc1ccc2sc(SCC(=O)Nc3ccc(OC(F)(F)F)cc3)nc2c1. The van der Waals surface area contributed by atoms with Crippen LogP contribution in [0.5, 0.6) is 11.5 Å². The van der Waals surface area contributed by atoms with Crippen LogP contribution in [-0.2, 0) is 4.79 Å². The van der Waals surface area contributed by atoms with Gasteiger partial charge < -0.3 is 14.8 Å². The molecular weight excluding hydrogens is 413 g/mol. The summed E-state index contributed by atoms with van der Waals surface area (Å²) in [5.74, 6) is 0.232. The molecule has 0 radical (unpaired) electrons. The number of thiazole rings is 1. The summed E-state index contributed by atoms with van der Waals surface area (Å²) in [6.07, 6.45) is -4.75. The van der Waals surface area contributed by atoms with Crippen LogP contribution in [0.2, 0.25) is 0 Å². The molecule has 5 nitrogen and oxygen atoms in total. The van der Waals surface area contributed by atoms with E-state index in [-0.39, 0.29) is 17.4 Å². The summed E-state index contributed by atoms with van der Waals surface area (Å²) in [7, 11) is 0. The number of fused-ring (bicyclic) bond motifs is 1. The zero-order valence-electron chi connectivity index (χ0n) is 14.6. The fourth-order valence-corrected chi connectivity index (χ4v) is 4.12. The standard InChI is InChI=1S/C18H15F3N2O3S2/c1-2-25-13-7-8-15-14(9-13)23-17(28-15)27-10-16(24)22-11-3-5-12(6-4-11)26-18(19,20)21/h3-9H,2,10H2,1H3,(H,22,24). The third-order valence-electron chi connectivity index (χ3n) is 3.35. The summed E-state index contributed by atoms with van der Waals surface area (Å²) in [6, 6.07) is 10.6. The zero-order valence-corrected chi connectivity index (χ0v) is 16.2. The third-order valence-corrected chi connectivity index (χ3v) is 5.53. The Labute approximate surface area is 166 Å². The second-order valence-corrected chi connectivity index (χ2v) is 7.70. The van der Waals surface area contributed by atoms with E-state index < -0.39 is 6.36 Å². The lowest BCUT2D eigenvalue weighted by atomic mass is 10.3. The van der Waals surface area contributed by atoms with Gasteiger partial charge in [-0.05, 0) is 43.3 Å². The van der Waals surface area contributed by atoms with Crippen molar-refractivity contribution in [1.29, 1.82) is 0 Å². The largest absolute Gasteiger partial charge is 0.573 e. The third kappa shape index (κ3) is 5.77. The Kier molecular flexibility index (Phi) is 6.30. The molecule has 0 atom stereocenters. The van der Waals surface area contributed by atoms with Gasteiger partial charge in [0.25, 0.3) is 0 Å². The molecule has 3 rings (SSSR count). The number of nitrogens with one attached hydrogen (secondary N) is 1. The van der Waals surface area contributed by atoms with Gasteiger partial charge in [0, 0.05) is 11.8 Å². The number of aromatic nitrogens is 1. The Morgan fingerprint density at radius 1 is 1.18 bits per heavy atom. The van der Waals surface area contributed by atoms with Crippen LogP contribution in [0.15, 0.2) is 46.8 Å². The smallest absolute Gasteiger partial charge is 0.494 e. The number of ether oxygens (including phenoxy) is 2. The summed E-state index contributed by atoms with van der Waals surface area (Å²) in [5, 5.41) is 2.62. The average Bonchev–Trinajstić information content (AvgIpc) is 3.03. The number of alkyl halides is 3. The molecule has 1 heterocycles. The van der Waals surface area contributed by atoms with Crippen molar-refractivity contribution in [2.45, 2.75) is 17.6 Å². The molecule has 10 heteroatoms. The number of halogens is 3. The van der Waals surface area contributed by atoms with Crippen molar-refractivity contribution in [3.05, 3.63) is 42.5 Å². The van der Waals surface area contributed by atoms with E-state index in [2.05, 4.69) is 15.0 Å². The zero-order chi connectivity index (χ0) is 20.1. The molecule has 1 aromatic heterocycles. The number of carbonyl (C=O) groups excluding carboxylic acids is 1. The highest BCUT2D eigenvalue weighted by atomic mass is 32.2. The van der Waals surface area contributed by atoms with Crippen molar-refractivity contribution in [2.24, 2.45) is 0 Å². The first kappa shape index (κ1) is 20.3. The van der Waals surface area contributed by atoms with Crippen LogP contribution in [0.3, 0.4) is 0 Å². The van der Waals surface area contributed by atoms with Crippen LogP contribution in [0, 0.1) is 0 Å². The Morgan fingerprint density at radius 3 is 2.57 bits per heavy atom. The molecule has 0 aliphatic rings. The summed E-state index contributed by atoms with van der Waals surface area (Å²) in [4.78, 5) is 16.5. The van der Waals surface area contributed by atoms with Crippen LogP contribution >= 0.6 is 23.1 Å². The van der Waals surface area contributed by atoms with E-state index in [4.69, 9.17) is 4.74 Å². The number of thioether (sulfide) groups is 1. The predicted octanol–water partition coefficient (Wildman–Crippen LogP) is 5.32. The molecule has 2 aromatic carbocycles. The number of amides is 1. The molecule has 148 valence electrons. The van der Waals surface area contributed by atoms with Crippen molar-refractivity contribution in [3.63, 3.8) is 0 Å². The van der Waals surface area contributed by atoms with E-state index in [1.54, 1.807) is 0 Å². The Hall–Kier alpha value is -2.46. The lowest BCUT2D eigenvalue weighted by Crippen LogP contribution is -2.17. The van der Waals surface area contributed by atoms with Crippen LogP contribution in [0.4, 0.5) is 18.9 Å². The van der Waals surface area contributed by atoms with Crippen molar-refractivity contribution in [2.75, 3.05) is 17.7 Å². The predicted molar refractivity (Wildman–Crippen MR) is 103 cm³/mol. The minimum atomic E-state index is -4.75. The van der Waals surface area contributed by atoms with Crippen molar-refractivity contribution < 1.29 is 27.4 Å². The Bertz CT molecular complexity index is 959. The molecule has 28 heavy (non-hydrogen) atoms. The van der Waals surface area contributed by atoms with Crippen LogP contribution in [0.1, 0.15) is 6.92 Å². The second-order valence-electron chi connectivity index (χ2n) is 5.45. The van der Waals surface area contributed by atoms with Crippen LogP contribution in [-0.4, -0.2) is 29.6 Å². The molecule has 0 aliphatic carbocycles. The van der Waals surface area contributed by atoms with Crippen LogP contribution < -0.4 is 14.8 Å². The van der Waals surface area contributed by atoms with E-state index in [1.165, 1.54) is 35.2 Å². The van der Waals surface area contributed by atoms with E-state index >= 15 is 0 Å². The highest BCUT2D eigenvalue weighted by Gasteiger charge is 2.30. The second kappa shape index (κ2) is 8.70. The summed E-state index contributed by atoms with van der Waals surface area (Å²) in [5.41, 5.74) is 1.19. The first-order valence-corrected chi connectivity index (χ1v) is 9.94. The molecular formula is C18H15F3N2O3S2. The molecule has 3 aromatic rings. The van der Waals surface area contributed by atoms with E-state index in [9.17, 15) is 18.0 Å². The highest BCUT2D eigenvalue weighted by Crippen LogP contribution is 2.31. The molecule has 1 N–H and O–H groups in total. The van der Waals surface area contributed by atoms with Gasteiger partial charge in [-0.1, -0.05) is 11.8 Å². The van der Waals surface area contributed by atoms with Gasteiger partial charge in [0.15, 0.2) is 4.34 Å². The van der Waals surface area contributed by atoms with E-state index in [0.717, 1.165) is 32.4 Å². The normalized spacial score (nSPS) is 11.4. The molecule has 0 saturated carbocycles. The minimum absolute atomic E-state index is 0.124. The maximum atomic E-state index is 12.1. The number of rotatable bonds is 7. The Morgan fingerprint density at radius 2 is 1.89 bits per heavy atom. The topological polar surface area (TPSA) is 60.5 Å². The number of benzene rings is 2. The Balaban J connectivity index is 1.54. The van der Waals surface area contributed by atoms with Crippen molar-refractivity contribution >= 4 is 44.9 Å². The van der Waals surface area contributed by atoms with Gasteiger partial charge in [0.2, 0.25) is 5.91 Å². The molecule has 0 spiro atoms. The maximum absolute atomic E-state index is 12.1. The first-order valence-electron chi connectivity index (χ1n) is 8.14. The molecule has 1 amide bonds. The van der Waals surface area contributed by atoms with Gasteiger partial charge in [-0.2, -0.15) is 0 Å². The highest BCUT2D eigenvalue weighted by molar-refractivity contribution is 8.01. The molecule has 0 bridgehead atoms. The van der Waals surface area contributed by atoms with Crippen molar-refractivity contribution in [3.8, 4) is 11.5 Å². The molecule has 0 unspecified atom stereocenters. The number of anilines is 1. The van der Waals surface area contributed by atoms with Gasteiger partial charge >= 0.3 is 6.36 Å². The van der Waals surface area contributed by atoms with Gasteiger partial charge in [-0.3, -0.25) is 4.79 Å². The van der Waals surface area contributed by atoms with Gasteiger partial charge in [0.1, 0.15) is 11.5 Å². The van der Waals surface area contributed by atoms with Crippen LogP contribution in [0.25, 0.3) is 10.2 Å². The fraction of sp³-hybridized carbons (Fsp3) is 0.222. The quantitative estimate of drug-likeness (QED) is 0.516. The minimum Gasteiger partial charge on any atom is -0.494 e. The van der Waals surface area contributed by atoms with E-state index in [0.29, 0.717) is 12.3 Å². The number of hydrogen-bond acceptors (Lipinski definition) is 6. The average molecular weight is 428 g/mol. The van der Waals surface area contributed by atoms with Gasteiger partial charge in [0.05, 0.1) is 22.6 Å². The van der Waals surface area contributed by atoms with Gasteiger partial charge in [-0.25, -0.2) is 4.98 Å². The summed E-state index contributed by atoms with van der Waals surface area (Å²) in [6.45, 7) is 2.47. The molecule has 0 saturated heterocycles. The fourth-order valence-electron chi connectivity index (χ4n) is 2.27. The van der Waals surface area contributed by atoms with E-state index in [1.807, 2.05) is 25.1 Å². The monoisotopic (exact) mass is 428 g/mol. The molecule has 0 fully saturated rings. The first-order chi connectivity index (χ1) is 13.3. The maximum Gasteiger partial charge on any atom is 0.573 e. The number of nitrogens with zero attached hydrogens (tertiary/aromatic N) is 1. The van der Waals surface area contributed by atoms with Crippen molar-refractivity contribution in [1.82, 2.24) is 4.98 Å². The number of hydrogen-bond donors (Lipinski definition) is 1. The number of carbonyl (C=O) groups is 1. The summed E-state index contributed by atoms with van der Waals surface area (Å²) < 4.78 is 47.4. The molecule has 0 aliphatic heterocycles. The van der Waals surface area contributed by atoms with Gasteiger partial charge in [-0.15, -0.1) is 24.5 Å². The lowest BCUT2D eigenvalue weighted by molar-refractivity contribution is -0.274. The summed E-state index contributed by atoms with van der Waals surface area (Å²) >= 11 is 2.76. The lowest BCUT2D eigenvalue weighted by Gasteiger charge is -2.09.